The van der Waals surface area contributed by atoms with E-state index in [-0.39, 0.29) is 37.8 Å². The molecule has 31 heavy (non-hydrogen) atoms. The first kappa shape index (κ1) is 21.2. The van der Waals surface area contributed by atoms with Gasteiger partial charge in [-0.15, -0.1) is 0 Å². The van der Waals surface area contributed by atoms with Gasteiger partial charge in [0.15, 0.2) is 9.84 Å². The lowest BCUT2D eigenvalue weighted by atomic mass is 10.1. The summed E-state index contributed by atoms with van der Waals surface area (Å²) in [7, 11) is -3.31. The smallest absolute Gasteiger partial charge is 0.258 e. The van der Waals surface area contributed by atoms with Crippen LogP contribution in [0.4, 0.5) is 10.3 Å². The molecule has 1 aromatic carbocycles. The number of carbonyl (C=O) groups excluding carboxylic acids is 1. The fourth-order valence-corrected chi connectivity index (χ4v) is 3.62. The summed E-state index contributed by atoms with van der Waals surface area (Å²) in [6.45, 7) is 0.382. The van der Waals surface area contributed by atoms with Crippen LogP contribution in [0.2, 0.25) is 0 Å². The third-order valence-electron chi connectivity index (χ3n) is 5.02. The van der Waals surface area contributed by atoms with E-state index in [4.69, 9.17) is 4.74 Å². The number of amides is 1. The Hall–Kier alpha value is -3.01. The van der Waals surface area contributed by atoms with E-state index in [2.05, 4.69) is 15.3 Å². The summed E-state index contributed by atoms with van der Waals surface area (Å²) < 4.78 is 42.0. The van der Waals surface area contributed by atoms with Crippen LogP contribution >= 0.6 is 0 Å². The number of sulfone groups is 1. The highest BCUT2D eigenvalue weighted by atomic mass is 32.2. The zero-order valence-corrected chi connectivity index (χ0v) is 17.8. The third kappa shape index (κ3) is 5.57. The molecule has 2 aliphatic rings. The van der Waals surface area contributed by atoms with Crippen LogP contribution < -0.4 is 15.0 Å². The molecule has 4 rings (SSSR count). The summed E-state index contributed by atoms with van der Waals surface area (Å²) >= 11 is 0. The Morgan fingerprint density at radius 3 is 2.65 bits per heavy atom. The van der Waals surface area contributed by atoms with Gasteiger partial charge in [0.25, 0.3) is 5.91 Å². The van der Waals surface area contributed by atoms with Crippen molar-refractivity contribution in [3.05, 3.63) is 53.6 Å². The number of hydrogen-bond donors (Lipinski definition) is 1. The number of hydrogen-bond acceptors (Lipinski definition) is 7. The number of aromatic nitrogens is 2. The van der Waals surface area contributed by atoms with Crippen molar-refractivity contribution >= 4 is 21.7 Å². The molecule has 0 unspecified atom stereocenters. The van der Waals surface area contributed by atoms with Crippen LogP contribution in [0.5, 0.6) is 11.6 Å². The number of alkyl halides is 1. The first-order chi connectivity index (χ1) is 14.8. The summed E-state index contributed by atoms with van der Waals surface area (Å²) in [6, 6.07) is 8.45. The maximum atomic E-state index is 13.2. The summed E-state index contributed by atoms with van der Waals surface area (Å²) in [5.41, 5.74) is 0.114. The highest BCUT2D eigenvalue weighted by molar-refractivity contribution is 7.93. The van der Waals surface area contributed by atoms with Crippen LogP contribution in [0.1, 0.15) is 24.6 Å². The van der Waals surface area contributed by atoms with Crippen LogP contribution in [0, 0.1) is 5.92 Å². The Morgan fingerprint density at radius 1 is 1.32 bits per heavy atom. The van der Waals surface area contributed by atoms with Crippen molar-refractivity contribution in [2.24, 2.45) is 5.92 Å². The molecule has 1 aliphatic carbocycles. The molecule has 1 saturated heterocycles. The van der Waals surface area contributed by atoms with Gasteiger partial charge in [0.05, 0.1) is 19.1 Å². The van der Waals surface area contributed by atoms with E-state index in [1.807, 2.05) is 6.07 Å². The lowest BCUT2D eigenvalue weighted by Gasteiger charge is -2.34. The minimum Gasteiger partial charge on any atom is -0.438 e. The molecule has 8 nitrogen and oxygen atoms in total. The molecule has 2 aromatic rings. The van der Waals surface area contributed by atoms with Crippen LogP contribution in [-0.2, 0) is 9.84 Å². The van der Waals surface area contributed by atoms with Crippen molar-refractivity contribution in [3.63, 3.8) is 0 Å². The molecule has 2 heterocycles. The molecule has 0 spiro atoms. The minimum atomic E-state index is -3.31. The monoisotopic (exact) mass is 448 g/mol. The highest BCUT2D eigenvalue weighted by Crippen LogP contribution is 2.34. The number of anilines is 1. The van der Waals surface area contributed by atoms with E-state index in [9.17, 15) is 17.6 Å². The van der Waals surface area contributed by atoms with Gasteiger partial charge in [-0.3, -0.25) is 4.79 Å². The van der Waals surface area contributed by atoms with Crippen LogP contribution in [-0.4, -0.2) is 55.9 Å². The summed E-state index contributed by atoms with van der Waals surface area (Å²) in [5, 5.41) is 3.96. The molecule has 1 aromatic heterocycles. The van der Waals surface area contributed by atoms with Crippen molar-refractivity contribution in [1.29, 1.82) is 0 Å². The summed E-state index contributed by atoms with van der Waals surface area (Å²) in [5.74, 6) is 0.538. The lowest BCUT2D eigenvalue weighted by Crippen LogP contribution is -2.49. The molecular weight excluding hydrogens is 423 g/mol. The van der Waals surface area contributed by atoms with Crippen molar-refractivity contribution < 1.29 is 23.8 Å². The number of rotatable bonds is 8. The Kier molecular flexibility index (Phi) is 5.90. The molecule has 0 radical (unpaired) electrons. The number of ether oxygens (including phenoxy) is 1. The molecule has 1 atom stereocenters. The number of nitrogens with zero attached hydrogens (tertiary/aromatic N) is 3. The van der Waals surface area contributed by atoms with E-state index in [1.54, 1.807) is 29.2 Å². The second-order valence-corrected chi connectivity index (χ2v) is 9.73. The topological polar surface area (TPSA) is 101 Å². The molecule has 1 N–H and O–H groups in total. The third-order valence-corrected chi connectivity index (χ3v) is 5.68. The van der Waals surface area contributed by atoms with Crippen LogP contribution in [0.3, 0.4) is 0 Å². The predicted molar refractivity (Wildman–Crippen MR) is 116 cm³/mol. The molecule has 2 fully saturated rings. The number of nitrogens with one attached hydrogen (secondary N) is 1. The van der Waals surface area contributed by atoms with Gasteiger partial charge in [0, 0.05) is 19.3 Å². The van der Waals surface area contributed by atoms with Crippen LogP contribution in [0.15, 0.2) is 48.0 Å². The Bertz CT molecular complexity index is 1090. The normalized spacial score (nSPS) is 17.9. The van der Waals surface area contributed by atoms with Crippen molar-refractivity contribution in [1.82, 2.24) is 15.3 Å². The van der Waals surface area contributed by atoms with Gasteiger partial charge in [-0.25, -0.2) is 17.8 Å². The van der Waals surface area contributed by atoms with Crippen molar-refractivity contribution in [2.45, 2.75) is 25.1 Å². The Labute approximate surface area is 181 Å². The second-order valence-electron chi connectivity index (χ2n) is 7.80. The van der Waals surface area contributed by atoms with E-state index >= 15 is 0 Å². The van der Waals surface area contributed by atoms with E-state index in [0.29, 0.717) is 5.75 Å². The molecule has 10 heteroatoms. The van der Waals surface area contributed by atoms with Gasteiger partial charge in [-0.05, 0) is 30.9 Å². The molecule has 166 valence electrons. The lowest BCUT2D eigenvalue weighted by molar-refractivity contribution is 0.0937. The Morgan fingerprint density at radius 2 is 2.03 bits per heavy atom. The number of halogens is 1. The van der Waals surface area contributed by atoms with Gasteiger partial charge in [-0.2, -0.15) is 4.98 Å². The predicted octanol–water partition coefficient (Wildman–Crippen LogP) is 2.74. The maximum Gasteiger partial charge on any atom is 0.258 e. The fraction of sp³-hybridized carbons (Fsp3) is 0.381. The average molecular weight is 449 g/mol. The molecule has 1 amide bonds. The van der Waals surface area contributed by atoms with Gasteiger partial charge < -0.3 is 15.0 Å². The highest BCUT2D eigenvalue weighted by Gasteiger charge is 2.33. The van der Waals surface area contributed by atoms with Crippen molar-refractivity contribution in [3.8, 4) is 11.6 Å². The quantitative estimate of drug-likeness (QED) is 0.663. The zero-order valence-electron chi connectivity index (χ0n) is 16.9. The Balaban J connectivity index is 0.00000289. The maximum absolute atomic E-state index is 13.2. The van der Waals surface area contributed by atoms with E-state index in [1.165, 1.54) is 12.3 Å². The number of carbonyl (C=O) groups is 1. The average Bonchev–Trinajstić information content (AvgIpc) is 3.54. The van der Waals surface area contributed by atoms with Gasteiger partial charge in [0.2, 0.25) is 11.8 Å². The SMILES string of the molecule is CS(=O)(=O)/C=C/[C@@H](NC(=O)c1cnc(N2CC(F)C2)nc1Oc1ccccc1)C1CC1.[HH]. The molecular formula is C21H25FN4O4S. The summed E-state index contributed by atoms with van der Waals surface area (Å²) in [6.07, 6.45) is 4.84. The van der Waals surface area contributed by atoms with E-state index < -0.39 is 28.0 Å². The fourth-order valence-electron chi connectivity index (χ4n) is 3.17. The zero-order chi connectivity index (χ0) is 22.0. The number of benzene rings is 1. The number of para-hydroxylation sites is 1. The molecule has 1 aliphatic heterocycles. The van der Waals surface area contributed by atoms with Crippen molar-refractivity contribution in [2.75, 3.05) is 24.2 Å². The van der Waals surface area contributed by atoms with Gasteiger partial charge in [0.1, 0.15) is 17.5 Å². The van der Waals surface area contributed by atoms with Crippen LogP contribution in [0.25, 0.3) is 0 Å². The standard InChI is InChI=1S/C21H23FN4O4S.H2/c1-31(28,29)10-9-18(14-7-8-14)24-19(27)17-11-23-21(26-12-15(22)13-26)25-20(17)30-16-5-3-2-4-6-16;/h2-6,9-11,14-15,18H,7-8,12-13H2,1H3,(H,24,27);1H/b10-9+;/t18-;/m1./s1. The first-order valence-electron chi connectivity index (χ1n) is 9.96. The first-order valence-corrected chi connectivity index (χ1v) is 11.9. The van der Waals surface area contributed by atoms with E-state index in [0.717, 1.165) is 24.5 Å². The summed E-state index contributed by atoms with van der Waals surface area (Å²) in [4.78, 5) is 23.2. The minimum absolute atomic E-state index is 0. The largest absolute Gasteiger partial charge is 0.438 e. The molecule has 1 saturated carbocycles. The van der Waals surface area contributed by atoms with Gasteiger partial charge in [-0.1, -0.05) is 24.3 Å². The van der Waals surface area contributed by atoms with Gasteiger partial charge >= 0.3 is 0 Å². The molecule has 0 bridgehead atoms. The second kappa shape index (κ2) is 8.62.